The van der Waals surface area contributed by atoms with Crippen LogP contribution in [-0.4, -0.2) is 15.0 Å². The predicted octanol–water partition coefficient (Wildman–Crippen LogP) is 7.27. The molecule has 6 aromatic rings. The van der Waals surface area contributed by atoms with E-state index in [-0.39, 0.29) is 0 Å². The Kier molecular flexibility index (Phi) is 7.02. The standard InChI is InChI=1S/C33H23BrN3OP/c34-26-22-20-25(21-23-26)32-35-31(24-12-4-1-5-13-24)36-33(37-32)29-18-10-11-19-30(29)39(38,27-14-6-2-7-15-27)28-16-8-3-9-17-28/h1-23H. The van der Waals surface area contributed by atoms with Crippen molar-refractivity contribution >= 4 is 39.0 Å². The lowest BCUT2D eigenvalue weighted by Crippen LogP contribution is -2.26. The lowest BCUT2D eigenvalue weighted by atomic mass is 10.1. The van der Waals surface area contributed by atoms with Gasteiger partial charge in [0.15, 0.2) is 24.6 Å². The van der Waals surface area contributed by atoms with E-state index in [1.54, 1.807) is 0 Å². The maximum atomic E-state index is 15.3. The summed E-state index contributed by atoms with van der Waals surface area (Å²) in [5.74, 6) is 1.59. The number of rotatable bonds is 6. The third-order valence-corrected chi connectivity index (χ3v) is 10.1. The van der Waals surface area contributed by atoms with Crippen LogP contribution in [0.3, 0.4) is 0 Å². The number of hydrogen-bond donors (Lipinski definition) is 0. The Morgan fingerprint density at radius 2 is 0.897 bits per heavy atom. The lowest BCUT2D eigenvalue weighted by Gasteiger charge is -2.22. The predicted molar refractivity (Wildman–Crippen MR) is 163 cm³/mol. The third-order valence-electron chi connectivity index (χ3n) is 6.49. The largest absolute Gasteiger partial charge is 0.309 e. The number of nitrogens with zero attached hydrogens (tertiary/aromatic N) is 3. The highest BCUT2D eigenvalue weighted by atomic mass is 79.9. The van der Waals surface area contributed by atoms with Gasteiger partial charge >= 0.3 is 0 Å². The van der Waals surface area contributed by atoms with Crippen molar-refractivity contribution in [2.45, 2.75) is 0 Å². The van der Waals surface area contributed by atoms with Crippen LogP contribution in [0.2, 0.25) is 0 Å². The molecule has 5 aromatic carbocycles. The highest BCUT2D eigenvalue weighted by Crippen LogP contribution is 2.45. The smallest absolute Gasteiger partial charge is 0.171 e. The van der Waals surface area contributed by atoms with E-state index >= 15 is 4.57 Å². The molecule has 188 valence electrons. The first-order valence-electron chi connectivity index (χ1n) is 12.5. The molecule has 0 bridgehead atoms. The van der Waals surface area contributed by atoms with Gasteiger partial charge in [-0.1, -0.05) is 143 Å². The van der Waals surface area contributed by atoms with Crippen LogP contribution in [0, 0.1) is 0 Å². The monoisotopic (exact) mass is 587 g/mol. The molecular weight excluding hydrogens is 565 g/mol. The summed E-state index contributed by atoms with van der Waals surface area (Å²) in [4.78, 5) is 14.7. The minimum Gasteiger partial charge on any atom is -0.309 e. The highest BCUT2D eigenvalue weighted by Gasteiger charge is 2.33. The third kappa shape index (κ3) is 4.99. The average molecular weight is 588 g/mol. The first-order chi connectivity index (χ1) is 19.1. The average Bonchev–Trinajstić information content (AvgIpc) is 3.02. The second-order valence-corrected chi connectivity index (χ2v) is 12.6. The molecule has 0 saturated heterocycles. The quantitative estimate of drug-likeness (QED) is 0.192. The summed E-state index contributed by atoms with van der Waals surface area (Å²) in [6.45, 7) is 0. The van der Waals surface area contributed by atoms with Crippen molar-refractivity contribution < 1.29 is 4.57 Å². The van der Waals surface area contributed by atoms with Crippen molar-refractivity contribution in [1.82, 2.24) is 15.0 Å². The molecule has 0 unspecified atom stereocenters. The fourth-order valence-corrected chi connectivity index (χ4v) is 7.69. The van der Waals surface area contributed by atoms with Crippen LogP contribution in [0.5, 0.6) is 0 Å². The SMILES string of the molecule is O=P(c1ccccc1)(c1ccccc1)c1ccccc1-c1nc(-c2ccccc2)nc(-c2ccc(Br)cc2)n1. The molecule has 0 aliphatic rings. The van der Waals surface area contributed by atoms with Crippen LogP contribution >= 0.6 is 23.1 Å². The Hall–Kier alpha value is -4.18. The van der Waals surface area contributed by atoms with E-state index in [9.17, 15) is 0 Å². The Labute approximate surface area is 236 Å². The van der Waals surface area contributed by atoms with Crippen molar-refractivity contribution in [3.63, 3.8) is 0 Å². The Morgan fingerprint density at radius 1 is 0.462 bits per heavy atom. The van der Waals surface area contributed by atoms with Gasteiger partial charge in [0.25, 0.3) is 0 Å². The molecule has 0 atom stereocenters. The molecule has 0 N–H and O–H groups in total. The van der Waals surface area contributed by atoms with Crippen molar-refractivity contribution in [3.8, 4) is 34.2 Å². The van der Waals surface area contributed by atoms with E-state index in [1.807, 2.05) is 140 Å². The molecule has 0 aliphatic carbocycles. The van der Waals surface area contributed by atoms with Gasteiger partial charge in [-0.3, -0.25) is 0 Å². The molecule has 4 nitrogen and oxygen atoms in total. The number of benzene rings is 5. The molecule has 1 heterocycles. The summed E-state index contributed by atoms with van der Waals surface area (Å²) in [6, 6.07) is 44.8. The van der Waals surface area contributed by atoms with Crippen LogP contribution < -0.4 is 15.9 Å². The Morgan fingerprint density at radius 3 is 1.46 bits per heavy atom. The van der Waals surface area contributed by atoms with Crippen LogP contribution in [0.15, 0.2) is 144 Å². The summed E-state index contributed by atoms with van der Waals surface area (Å²) in [5, 5.41) is 2.21. The van der Waals surface area contributed by atoms with Gasteiger partial charge in [0.05, 0.1) is 0 Å². The van der Waals surface area contributed by atoms with Gasteiger partial charge in [0, 0.05) is 37.1 Å². The second kappa shape index (κ2) is 10.9. The molecule has 0 fully saturated rings. The van der Waals surface area contributed by atoms with E-state index in [0.717, 1.165) is 26.2 Å². The van der Waals surface area contributed by atoms with Gasteiger partial charge in [0.2, 0.25) is 0 Å². The number of halogens is 1. The van der Waals surface area contributed by atoms with E-state index in [4.69, 9.17) is 15.0 Å². The van der Waals surface area contributed by atoms with Crippen molar-refractivity contribution in [1.29, 1.82) is 0 Å². The van der Waals surface area contributed by atoms with Gasteiger partial charge < -0.3 is 4.57 Å². The van der Waals surface area contributed by atoms with Crippen LogP contribution in [0.25, 0.3) is 34.2 Å². The highest BCUT2D eigenvalue weighted by molar-refractivity contribution is 9.10. The van der Waals surface area contributed by atoms with Crippen LogP contribution in [-0.2, 0) is 4.57 Å². The van der Waals surface area contributed by atoms with Crippen molar-refractivity contribution in [2.24, 2.45) is 0 Å². The molecule has 6 rings (SSSR count). The molecule has 0 aliphatic heterocycles. The minimum atomic E-state index is -3.27. The molecule has 39 heavy (non-hydrogen) atoms. The molecule has 0 saturated carbocycles. The van der Waals surface area contributed by atoms with E-state index < -0.39 is 7.14 Å². The second-order valence-electron chi connectivity index (χ2n) is 8.98. The first-order valence-corrected chi connectivity index (χ1v) is 15.0. The van der Waals surface area contributed by atoms with Gasteiger partial charge in [-0.15, -0.1) is 0 Å². The van der Waals surface area contributed by atoms with Gasteiger partial charge in [0.1, 0.15) is 0 Å². The first kappa shape index (κ1) is 25.1. The maximum Gasteiger partial charge on any atom is 0.171 e. The van der Waals surface area contributed by atoms with E-state index in [2.05, 4.69) is 15.9 Å². The molecule has 0 spiro atoms. The van der Waals surface area contributed by atoms with Gasteiger partial charge in [-0.25, -0.2) is 15.0 Å². The summed E-state index contributed by atoms with van der Waals surface area (Å²) in [5.41, 5.74) is 2.46. The molecule has 0 amide bonds. The minimum absolute atomic E-state index is 0.476. The molecule has 1 aromatic heterocycles. The zero-order valence-corrected chi connectivity index (χ0v) is 23.3. The summed E-state index contributed by atoms with van der Waals surface area (Å²) in [6.07, 6.45) is 0. The van der Waals surface area contributed by atoms with Crippen LogP contribution in [0.4, 0.5) is 0 Å². The van der Waals surface area contributed by atoms with Crippen molar-refractivity contribution in [3.05, 3.63) is 144 Å². The fraction of sp³-hybridized carbons (Fsp3) is 0. The lowest BCUT2D eigenvalue weighted by molar-refractivity contribution is 0.592. The topological polar surface area (TPSA) is 55.7 Å². The van der Waals surface area contributed by atoms with Gasteiger partial charge in [-0.2, -0.15) is 0 Å². The molecule has 6 heteroatoms. The summed E-state index contributed by atoms with van der Waals surface area (Å²) in [7, 11) is -3.27. The van der Waals surface area contributed by atoms with Gasteiger partial charge in [-0.05, 0) is 12.1 Å². The normalized spacial score (nSPS) is 11.3. The number of aromatic nitrogens is 3. The molecular formula is C33H23BrN3OP. The van der Waals surface area contributed by atoms with E-state index in [1.165, 1.54) is 0 Å². The fourth-order valence-electron chi connectivity index (χ4n) is 4.58. The van der Waals surface area contributed by atoms with Crippen molar-refractivity contribution in [2.75, 3.05) is 0 Å². The van der Waals surface area contributed by atoms with Crippen LogP contribution in [0.1, 0.15) is 0 Å². The Bertz CT molecular complexity index is 1730. The zero-order valence-electron chi connectivity index (χ0n) is 20.9. The zero-order chi connectivity index (χ0) is 26.7. The van der Waals surface area contributed by atoms with E-state index in [0.29, 0.717) is 28.3 Å². The molecule has 0 radical (unpaired) electrons. The summed E-state index contributed by atoms with van der Waals surface area (Å²) < 4.78 is 16.3. The summed E-state index contributed by atoms with van der Waals surface area (Å²) >= 11 is 3.51. The maximum absolute atomic E-state index is 15.3. The number of hydrogen-bond acceptors (Lipinski definition) is 4. The Balaban J connectivity index is 1.62.